The highest BCUT2D eigenvalue weighted by Gasteiger charge is 2.09. The lowest BCUT2D eigenvalue weighted by atomic mass is 10.1. The minimum absolute atomic E-state index is 0.151. The van der Waals surface area contributed by atoms with Crippen molar-refractivity contribution in [2.75, 3.05) is 6.54 Å². The van der Waals surface area contributed by atoms with Gasteiger partial charge in [-0.25, -0.2) is 4.68 Å². The monoisotopic (exact) mass is 349 g/mol. The summed E-state index contributed by atoms with van der Waals surface area (Å²) >= 11 is 0. The van der Waals surface area contributed by atoms with Crippen LogP contribution >= 0.6 is 0 Å². The Bertz CT molecular complexity index is 870. The summed E-state index contributed by atoms with van der Waals surface area (Å²) in [5.74, 6) is -0.785. The molecular weight excluding hydrogens is 330 g/mol. The first-order chi connectivity index (χ1) is 12.6. The number of aryl methyl sites for hydroxylation is 1. The Morgan fingerprint density at radius 1 is 1.08 bits per heavy atom. The lowest BCUT2D eigenvalue weighted by Gasteiger charge is -2.08. The number of benzene rings is 2. The lowest BCUT2D eigenvalue weighted by Crippen LogP contribution is -2.30. The number of hydrogen-bond acceptors (Lipinski definition) is 4. The van der Waals surface area contributed by atoms with E-state index in [9.17, 15) is 9.59 Å². The van der Waals surface area contributed by atoms with Gasteiger partial charge in [0, 0.05) is 18.0 Å². The number of amides is 1. The second-order valence-corrected chi connectivity index (χ2v) is 5.83. The molecule has 1 aromatic heterocycles. The number of hydrogen-bond donors (Lipinski definition) is 1. The molecule has 1 amide bonds. The molecule has 0 aliphatic heterocycles. The highest BCUT2D eigenvalue weighted by Crippen LogP contribution is 2.09. The highest BCUT2D eigenvalue weighted by molar-refractivity contribution is 5.95. The predicted molar refractivity (Wildman–Crippen MR) is 96.9 cm³/mol. The molecule has 0 atom stereocenters. The van der Waals surface area contributed by atoms with Crippen molar-refractivity contribution in [1.82, 2.24) is 15.1 Å². The summed E-state index contributed by atoms with van der Waals surface area (Å²) in [5.41, 5.74) is 3.37. The van der Waals surface area contributed by atoms with Crippen molar-refractivity contribution in [2.24, 2.45) is 0 Å². The second-order valence-electron chi connectivity index (χ2n) is 5.83. The molecule has 0 aliphatic carbocycles. The normalized spacial score (nSPS) is 10.3. The Morgan fingerprint density at radius 3 is 2.46 bits per heavy atom. The lowest BCUT2D eigenvalue weighted by molar-refractivity contribution is -0.143. The zero-order chi connectivity index (χ0) is 18.4. The molecule has 6 heteroatoms. The smallest absolute Gasteiger partial charge is 0.325 e. The van der Waals surface area contributed by atoms with Crippen LogP contribution in [-0.2, 0) is 16.1 Å². The van der Waals surface area contributed by atoms with Crippen LogP contribution in [0.1, 0.15) is 21.5 Å². The van der Waals surface area contributed by atoms with E-state index in [4.69, 9.17) is 4.74 Å². The third-order valence-corrected chi connectivity index (χ3v) is 3.81. The van der Waals surface area contributed by atoms with E-state index in [2.05, 4.69) is 10.4 Å². The van der Waals surface area contributed by atoms with E-state index >= 15 is 0 Å². The minimum atomic E-state index is -0.485. The van der Waals surface area contributed by atoms with Gasteiger partial charge < -0.3 is 10.1 Å². The van der Waals surface area contributed by atoms with Crippen molar-refractivity contribution in [3.05, 3.63) is 83.7 Å². The molecular formula is C20H19N3O3. The number of carbonyl (C=O) groups is 2. The first kappa shape index (κ1) is 17.4. The third kappa shape index (κ3) is 4.57. The van der Waals surface area contributed by atoms with Crippen LogP contribution in [0.5, 0.6) is 0 Å². The summed E-state index contributed by atoms with van der Waals surface area (Å²) in [6, 6.07) is 16.5. The predicted octanol–water partition coefficient (Wildman–Crippen LogP) is 2.65. The molecule has 1 heterocycles. The molecule has 26 heavy (non-hydrogen) atoms. The SMILES string of the molecule is Cc1ccc(C(=O)NCC(=O)OCc2ccc(-n3cccn3)cc2)cc1. The Kier molecular flexibility index (Phi) is 5.43. The average molecular weight is 349 g/mol. The van der Waals surface area contributed by atoms with Crippen molar-refractivity contribution in [1.29, 1.82) is 0 Å². The molecule has 0 fully saturated rings. The second kappa shape index (κ2) is 8.11. The first-order valence-corrected chi connectivity index (χ1v) is 8.21. The van der Waals surface area contributed by atoms with Crippen LogP contribution in [0.25, 0.3) is 5.69 Å². The summed E-state index contributed by atoms with van der Waals surface area (Å²) in [4.78, 5) is 23.8. The number of rotatable bonds is 6. The Balaban J connectivity index is 1.45. The van der Waals surface area contributed by atoms with E-state index in [0.717, 1.165) is 16.8 Å². The van der Waals surface area contributed by atoms with Gasteiger partial charge in [-0.3, -0.25) is 9.59 Å². The van der Waals surface area contributed by atoms with Crippen molar-refractivity contribution in [3.63, 3.8) is 0 Å². The highest BCUT2D eigenvalue weighted by atomic mass is 16.5. The first-order valence-electron chi connectivity index (χ1n) is 8.21. The van der Waals surface area contributed by atoms with Crippen LogP contribution < -0.4 is 5.32 Å². The summed E-state index contributed by atoms with van der Waals surface area (Å²) < 4.78 is 6.93. The van der Waals surface area contributed by atoms with Crippen LogP contribution in [0.4, 0.5) is 0 Å². The van der Waals surface area contributed by atoms with Gasteiger partial charge in [-0.2, -0.15) is 5.10 Å². The van der Waals surface area contributed by atoms with E-state index in [1.165, 1.54) is 0 Å². The number of carbonyl (C=O) groups excluding carboxylic acids is 2. The van der Waals surface area contributed by atoms with E-state index in [1.807, 2.05) is 55.6 Å². The number of esters is 1. The molecule has 132 valence electrons. The maximum Gasteiger partial charge on any atom is 0.325 e. The summed E-state index contributed by atoms with van der Waals surface area (Å²) in [6.07, 6.45) is 3.56. The third-order valence-electron chi connectivity index (χ3n) is 3.81. The van der Waals surface area contributed by atoms with Crippen molar-refractivity contribution < 1.29 is 14.3 Å². The number of ether oxygens (including phenoxy) is 1. The standard InChI is InChI=1S/C20H19N3O3/c1-15-3-7-17(8-4-15)20(25)21-13-19(24)26-14-16-5-9-18(10-6-16)23-12-2-11-22-23/h2-12H,13-14H2,1H3,(H,21,25). The number of nitrogens with one attached hydrogen (secondary N) is 1. The fraction of sp³-hybridized carbons (Fsp3) is 0.150. The van der Waals surface area contributed by atoms with Crippen LogP contribution in [-0.4, -0.2) is 28.2 Å². The van der Waals surface area contributed by atoms with E-state index in [1.54, 1.807) is 23.0 Å². The molecule has 3 rings (SSSR count). The van der Waals surface area contributed by atoms with Crippen LogP contribution in [0.15, 0.2) is 67.0 Å². The van der Waals surface area contributed by atoms with Crippen LogP contribution in [0, 0.1) is 6.92 Å². The Labute approximate surface area is 151 Å². The largest absolute Gasteiger partial charge is 0.460 e. The summed E-state index contributed by atoms with van der Waals surface area (Å²) in [7, 11) is 0. The quantitative estimate of drug-likeness (QED) is 0.695. The fourth-order valence-corrected chi connectivity index (χ4v) is 2.34. The van der Waals surface area contributed by atoms with Gasteiger partial charge in [0.05, 0.1) is 5.69 Å². The maximum atomic E-state index is 12.0. The summed E-state index contributed by atoms with van der Waals surface area (Å²) in [6.45, 7) is 1.93. The molecule has 6 nitrogen and oxygen atoms in total. The molecule has 0 spiro atoms. The topological polar surface area (TPSA) is 73.2 Å². The van der Waals surface area contributed by atoms with E-state index < -0.39 is 5.97 Å². The van der Waals surface area contributed by atoms with Gasteiger partial charge in [0.2, 0.25) is 0 Å². The molecule has 3 aromatic rings. The van der Waals surface area contributed by atoms with Gasteiger partial charge in [-0.1, -0.05) is 29.8 Å². The molecule has 0 saturated carbocycles. The van der Waals surface area contributed by atoms with Gasteiger partial charge in [0.1, 0.15) is 13.2 Å². The average Bonchev–Trinajstić information content (AvgIpc) is 3.20. The minimum Gasteiger partial charge on any atom is -0.460 e. The maximum absolute atomic E-state index is 12.0. The van der Waals surface area contributed by atoms with Gasteiger partial charge in [0.25, 0.3) is 5.91 Å². The van der Waals surface area contributed by atoms with Crippen molar-refractivity contribution >= 4 is 11.9 Å². The Morgan fingerprint density at radius 2 is 1.81 bits per heavy atom. The van der Waals surface area contributed by atoms with Crippen molar-refractivity contribution in [3.8, 4) is 5.69 Å². The van der Waals surface area contributed by atoms with Gasteiger partial charge >= 0.3 is 5.97 Å². The zero-order valence-electron chi connectivity index (χ0n) is 14.4. The van der Waals surface area contributed by atoms with Crippen LogP contribution in [0.2, 0.25) is 0 Å². The Hall–Kier alpha value is -3.41. The molecule has 0 saturated heterocycles. The molecule has 1 N–H and O–H groups in total. The van der Waals surface area contributed by atoms with Crippen LogP contribution in [0.3, 0.4) is 0 Å². The van der Waals surface area contributed by atoms with Crippen molar-refractivity contribution in [2.45, 2.75) is 13.5 Å². The van der Waals surface area contributed by atoms with Gasteiger partial charge in [-0.15, -0.1) is 0 Å². The number of nitrogens with zero attached hydrogens (tertiary/aromatic N) is 2. The molecule has 2 aromatic carbocycles. The summed E-state index contributed by atoms with van der Waals surface area (Å²) in [5, 5.41) is 6.71. The van der Waals surface area contributed by atoms with Gasteiger partial charge in [0.15, 0.2) is 0 Å². The van der Waals surface area contributed by atoms with E-state index in [-0.39, 0.29) is 19.1 Å². The molecule has 0 unspecified atom stereocenters. The molecule has 0 aliphatic rings. The number of aromatic nitrogens is 2. The molecule has 0 bridgehead atoms. The van der Waals surface area contributed by atoms with E-state index in [0.29, 0.717) is 5.56 Å². The van der Waals surface area contributed by atoms with Gasteiger partial charge in [-0.05, 0) is 42.8 Å². The zero-order valence-corrected chi connectivity index (χ0v) is 14.4. The fourth-order valence-electron chi connectivity index (χ4n) is 2.34. The molecule has 0 radical (unpaired) electrons.